The Balaban J connectivity index is 0.000000592. The summed E-state index contributed by atoms with van der Waals surface area (Å²) >= 11 is 34.1. The molecule has 0 spiro atoms. The highest BCUT2D eigenvalue weighted by Crippen LogP contribution is 2.25. The molecule has 0 fully saturated rings. The highest BCUT2D eigenvalue weighted by atomic mass is 35.5. The number of aryl methyl sites for hydroxylation is 16. The van der Waals surface area contributed by atoms with Gasteiger partial charge < -0.3 is 21.3 Å². The van der Waals surface area contributed by atoms with Gasteiger partial charge in [-0.25, -0.2) is 0 Å². The second-order valence-corrected chi connectivity index (χ2v) is 29.1. The van der Waals surface area contributed by atoms with Gasteiger partial charge in [-0.1, -0.05) is 284 Å². The van der Waals surface area contributed by atoms with Crippen molar-refractivity contribution in [3.05, 3.63) is 371 Å². The normalized spacial score (nSPS) is 9.61. The Kier molecular flexibility index (Phi) is 48.9. The molecular weight excluding hydrogens is 1450 g/mol. The first-order valence-electron chi connectivity index (χ1n) is 35.6. The zero-order chi connectivity index (χ0) is 80.7. The third-order valence-electron chi connectivity index (χ3n) is 15.6. The Morgan fingerprint density at radius 2 is 0.748 bits per heavy atom. The Hall–Kier alpha value is -8.41. The summed E-state index contributed by atoms with van der Waals surface area (Å²) in [6.07, 6.45) is 3.55. The molecule has 0 heterocycles. The van der Waals surface area contributed by atoms with Crippen molar-refractivity contribution in [2.24, 2.45) is 5.73 Å². The predicted molar refractivity (Wildman–Crippen MR) is 473 cm³/mol. The first-order chi connectivity index (χ1) is 50.4. The minimum atomic E-state index is -0.359. The lowest BCUT2D eigenvalue weighted by atomic mass is 10.1. The largest absolute Gasteiger partial charge is 0.385 e. The first kappa shape index (κ1) is 96.6. The number of anilines is 3. The molecule has 0 aromatic heterocycles. The third-order valence-corrected chi connectivity index (χ3v) is 17.6. The standard InChI is InChI=1S/C13H22N2.C10H13NO.C9H13N.C9H12.C8H9NO2.2C8H10.3C7H6Cl2.C7H8/c1-11-6-7-12(2)13(10-11)15-9-5-3-4-8-14;1-7-4-5-8(2)10(6-7)11-9(3)12;1-8-4-6-9(7-5-8)10(2)3;1-7-4-8(2)6-9(3)5-7;1-6-4-3-5-8(7(6)2)9(10)11;1-7-3-5-8(2)6-4-7;1-7-4-3-5-8(2)6-7;1-5-2-6(8)4-7(9)3-5;1-5-2-3-6(8)7(9)4-5;1-5-6(8)3-2-4-7(5)9;1-7-5-3-2-4-6-7/h6-7,10,15H,3-5,8-9,14H2,1-2H3;4-6H,1-3H3,(H,11,12);4-7H,1-3H3;4-6H,1-3H3;3-5H,1-2H3;2*3-6H,1-2H3;3*2-4H,1H3;2-6H,1H3. The van der Waals surface area contributed by atoms with E-state index < -0.39 is 0 Å². The molecule has 0 unspecified atom stereocenters. The fourth-order valence-electron chi connectivity index (χ4n) is 9.49. The minimum Gasteiger partial charge on any atom is -0.385 e. The molecule has 107 heavy (non-hydrogen) atoms. The molecule has 0 atom stereocenters. The van der Waals surface area contributed by atoms with Crippen molar-refractivity contribution in [1.29, 1.82) is 0 Å². The molecule has 0 aliphatic rings. The Morgan fingerprint density at radius 1 is 0.364 bits per heavy atom. The SMILES string of the molecule is CC(=O)Nc1cc(C)ccc1C.Cc1c(Cl)cccc1Cl.Cc1cc(C)cc(C)c1.Cc1cc(Cl)cc(Cl)c1.Cc1ccc(C)c(NCCCCCN)c1.Cc1ccc(C)cc1.Cc1ccc(Cl)c(Cl)c1.Cc1ccc(N(C)C)cc1.Cc1cccc(C)c1.Cc1cccc([N+](=O)[O-])c1C.Cc1ccccc1. The van der Waals surface area contributed by atoms with Crippen LogP contribution in [0.4, 0.5) is 22.7 Å². The van der Waals surface area contributed by atoms with Gasteiger partial charge in [0.15, 0.2) is 0 Å². The van der Waals surface area contributed by atoms with E-state index in [9.17, 15) is 14.9 Å². The second-order valence-electron chi connectivity index (χ2n) is 26.6. The summed E-state index contributed by atoms with van der Waals surface area (Å²) in [6, 6.07) is 76.3. The van der Waals surface area contributed by atoms with Gasteiger partial charge in [-0.05, 0) is 255 Å². The van der Waals surface area contributed by atoms with E-state index in [1.165, 1.54) is 98.4 Å². The monoisotopic (exact) mass is 1560 g/mol. The molecule has 0 aliphatic carbocycles. The van der Waals surface area contributed by atoms with Crippen molar-refractivity contribution in [2.75, 3.05) is 42.7 Å². The van der Waals surface area contributed by atoms with Gasteiger partial charge in [0.2, 0.25) is 5.91 Å². The number of carbonyl (C=O) groups excluding carboxylic acids is 1. The predicted octanol–water partition coefficient (Wildman–Crippen LogP) is 28.5. The van der Waals surface area contributed by atoms with E-state index in [-0.39, 0.29) is 16.5 Å². The number of carbonyl (C=O) groups is 1. The van der Waals surface area contributed by atoms with Crippen molar-refractivity contribution in [3.8, 4) is 0 Å². The van der Waals surface area contributed by atoms with Gasteiger partial charge in [0.05, 0.1) is 15.0 Å². The third kappa shape index (κ3) is 45.8. The van der Waals surface area contributed by atoms with Crippen LogP contribution in [0.1, 0.15) is 126 Å². The number of nitro benzene ring substituents is 1. The van der Waals surface area contributed by atoms with E-state index >= 15 is 0 Å². The summed E-state index contributed by atoms with van der Waals surface area (Å²) in [5.41, 5.74) is 30.8. The van der Waals surface area contributed by atoms with E-state index in [2.05, 4.69) is 213 Å². The molecule has 0 bridgehead atoms. The number of hydrogen-bond acceptors (Lipinski definition) is 6. The number of hydrogen-bond donors (Lipinski definition) is 3. The number of nitrogens with two attached hydrogens (primary N) is 1. The second kappa shape index (κ2) is 54.2. The number of rotatable bonds is 9. The van der Waals surface area contributed by atoms with Crippen LogP contribution in [0.25, 0.3) is 0 Å². The summed E-state index contributed by atoms with van der Waals surface area (Å²) in [5.74, 6) is -0.0244. The quantitative estimate of drug-likeness (QED) is 0.0754. The Labute approximate surface area is 673 Å². The summed E-state index contributed by atoms with van der Waals surface area (Å²) in [6.45, 7) is 40.0. The molecule has 4 N–H and O–H groups in total. The summed E-state index contributed by atoms with van der Waals surface area (Å²) in [5, 5.41) is 20.7. The van der Waals surface area contributed by atoms with Crippen molar-refractivity contribution < 1.29 is 9.72 Å². The van der Waals surface area contributed by atoms with E-state index in [0.29, 0.717) is 20.1 Å². The van der Waals surface area contributed by atoms with E-state index in [1.54, 1.807) is 25.1 Å². The average Bonchev–Trinajstić information content (AvgIpc) is 0.858. The number of nitrogens with zero attached hydrogens (tertiary/aromatic N) is 2. The maximum absolute atomic E-state index is 10.8. The van der Waals surface area contributed by atoms with Gasteiger partial charge in [0, 0.05) is 76.3 Å². The zero-order valence-corrected chi connectivity index (χ0v) is 71.5. The minimum absolute atomic E-state index is 0.0244. The van der Waals surface area contributed by atoms with E-state index in [4.69, 9.17) is 75.3 Å². The van der Waals surface area contributed by atoms with E-state index in [1.807, 2.05) is 141 Å². The van der Waals surface area contributed by atoms with Gasteiger partial charge in [-0.3, -0.25) is 14.9 Å². The van der Waals surface area contributed by atoms with Crippen LogP contribution in [0.5, 0.6) is 0 Å². The molecule has 1 amide bonds. The molecule has 0 radical (unpaired) electrons. The Bertz CT molecular complexity index is 4160. The van der Waals surface area contributed by atoms with Crippen molar-refractivity contribution in [2.45, 2.75) is 151 Å². The van der Waals surface area contributed by atoms with Gasteiger partial charge in [0.1, 0.15) is 0 Å². The highest BCUT2D eigenvalue weighted by Gasteiger charge is 2.10. The number of halogens is 6. The summed E-state index contributed by atoms with van der Waals surface area (Å²) in [4.78, 5) is 22.9. The average molecular weight is 1560 g/mol. The summed E-state index contributed by atoms with van der Waals surface area (Å²) < 4.78 is 0. The van der Waals surface area contributed by atoms with Crippen LogP contribution in [0, 0.1) is 135 Å². The maximum atomic E-state index is 10.8. The molecule has 0 aliphatic heterocycles. The van der Waals surface area contributed by atoms with Gasteiger partial charge in [-0.2, -0.15) is 0 Å². The zero-order valence-electron chi connectivity index (χ0n) is 66.9. The molecule has 8 nitrogen and oxygen atoms in total. The van der Waals surface area contributed by atoms with E-state index in [0.717, 1.165) is 74.2 Å². The molecule has 11 aromatic rings. The maximum Gasteiger partial charge on any atom is 0.272 e. The number of unbranched alkanes of at least 4 members (excludes halogenated alkanes) is 2. The number of benzene rings is 11. The van der Waals surface area contributed by atoms with Crippen molar-refractivity contribution in [3.63, 3.8) is 0 Å². The van der Waals surface area contributed by atoms with Crippen LogP contribution in [-0.2, 0) is 4.79 Å². The van der Waals surface area contributed by atoms with Crippen LogP contribution >= 0.6 is 69.6 Å². The molecular formula is C93H115Cl6N5O3. The molecule has 572 valence electrons. The molecule has 0 saturated carbocycles. The molecule has 14 heteroatoms. The molecule has 11 rings (SSSR count). The fourth-order valence-corrected chi connectivity index (χ4v) is 10.9. The lowest BCUT2D eigenvalue weighted by Crippen LogP contribution is -2.07. The van der Waals surface area contributed by atoms with Gasteiger partial charge in [0.25, 0.3) is 5.69 Å². The number of amides is 1. The number of nitro groups is 1. The van der Waals surface area contributed by atoms with Crippen molar-refractivity contribution >= 4 is 98.3 Å². The van der Waals surface area contributed by atoms with Crippen LogP contribution in [0.3, 0.4) is 0 Å². The van der Waals surface area contributed by atoms with Crippen LogP contribution in [-0.4, -0.2) is 38.0 Å². The highest BCUT2D eigenvalue weighted by molar-refractivity contribution is 6.42. The van der Waals surface area contributed by atoms with Gasteiger partial charge >= 0.3 is 0 Å². The fraction of sp³-hybridized carbons (Fsp3) is 0.280. The Morgan fingerprint density at radius 3 is 1.13 bits per heavy atom. The van der Waals surface area contributed by atoms with Crippen LogP contribution in [0.15, 0.2) is 231 Å². The number of nitrogens with one attached hydrogen (secondary N) is 2. The van der Waals surface area contributed by atoms with Crippen LogP contribution < -0.4 is 21.3 Å². The molecule has 11 aromatic carbocycles. The van der Waals surface area contributed by atoms with Gasteiger partial charge in [-0.15, -0.1) is 0 Å². The topological polar surface area (TPSA) is 114 Å². The molecule has 0 saturated heterocycles. The first-order valence-corrected chi connectivity index (χ1v) is 37.9. The van der Waals surface area contributed by atoms with Crippen molar-refractivity contribution in [1.82, 2.24) is 0 Å². The van der Waals surface area contributed by atoms with Crippen LogP contribution in [0.2, 0.25) is 30.1 Å². The lowest BCUT2D eigenvalue weighted by Gasteiger charge is -2.11. The summed E-state index contributed by atoms with van der Waals surface area (Å²) in [7, 11) is 4.09. The smallest absolute Gasteiger partial charge is 0.272 e. The lowest BCUT2D eigenvalue weighted by molar-refractivity contribution is -0.385.